The number of anilines is 1. The molecule has 0 radical (unpaired) electrons. The van der Waals surface area contributed by atoms with Crippen LogP contribution in [0.4, 0.5) is 5.82 Å². The molecule has 2 saturated heterocycles. The Hall–Kier alpha value is -1.82. The summed E-state index contributed by atoms with van der Waals surface area (Å²) in [5.74, 6) is -0.100. The third-order valence-corrected chi connectivity index (χ3v) is 5.17. The topological polar surface area (TPSA) is 73.7 Å². The maximum absolute atomic E-state index is 12.8. The highest BCUT2D eigenvalue weighted by atomic mass is 35.5. The first-order valence-corrected chi connectivity index (χ1v) is 8.84. The number of halogens is 1. The van der Waals surface area contributed by atoms with Crippen LogP contribution in [0.5, 0.6) is 0 Å². The smallest absolute Gasteiger partial charge is 0.326 e. The highest BCUT2D eigenvalue weighted by Gasteiger charge is 2.36. The Morgan fingerprint density at radius 2 is 1.88 bits per heavy atom. The lowest BCUT2D eigenvalue weighted by Crippen LogP contribution is -2.51. The fraction of sp³-hybridized carbons (Fsp3) is 0.588. The minimum Gasteiger partial charge on any atom is -0.480 e. The van der Waals surface area contributed by atoms with Gasteiger partial charge in [0.25, 0.3) is 0 Å². The van der Waals surface area contributed by atoms with Crippen LogP contribution >= 0.6 is 11.6 Å². The van der Waals surface area contributed by atoms with Crippen molar-refractivity contribution in [1.82, 2.24) is 9.88 Å². The van der Waals surface area contributed by atoms with Crippen molar-refractivity contribution < 1.29 is 14.7 Å². The van der Waals surface area contributed by atoms with Crippen molar-refractivity contribution in [2.75, 3.05) is 24.5 Å². The van der Waals surface area contributed by atoms with Crippen molar-refractivity contribution in [3.8, 4) is 0 Å². The van der Waals surface area contributed by atoms with Crippen molar-refractivity contribution in [1.29, 1.82) is 0 Å². The maximum atomic E-state index is 12.8. The summed E-state index contributed by atoms with van der Waals surface area (Å²) < 4.78 is 0. The van der Waals surface area contributed by atoms with Crippen molar-refractivity contribution in [2.24, 2.45) is 5.92 Å². The molecule has 1 aromatic rings. The number of aromatic nitrogens is 1. The zero-order valence-corrected chi connectivity index (χ0v) is 14.3. The molecule has 0 aromatic carbocycles. The summed E-state index contributed by atoms with van der Waals surface area (Å²) in [6.45, 7) is 2.06. The summed E-state index contributed by atoms with van der Waals surface area (Å²) in [6, 6.07) is 3.05. The molecule has 2 aliphatic heterocycles. The van der Waals surface area contributed by atoms with Crippen LogP contribution in [0, 0.1) is 5.92 Å². The second-order valence-electron chi connectivity index (χ2n) is 6.48. The highest BCUT2D eigenvalue weighted by molar-refractivity contribution is 6.30. The molecule has 0 unspecified atom stereocenters. The summed E-state index contributed by atoms with van der Waals surface area (Å²) in [7, 11) is 0. The summed E-state index contributed by atoms with van der Waals surface area (Å²) in [5.41, 5.74) is 0. The molecule has 0 bridgehead atoms. The number of carbonyl (C=O) groups is 2. The van der Waals surface area contributed by atoms with E-state index in [-0.39, 0.29) is 11.8 Å². The van der Waals surface area contributed by atoms with E-state index in [1.807, 2.05) is 12.1 Å². The van der Waals surface area contributed by atoms with Crippen LogP contribution in [-0.4, -0.2) is 52.5 Å². The van der Waals surface area contributed by atoms with E-state index in [0.717, 1.165) is 44.6 Å². The molecular formula is C17H22ClN3O3. The van der Waals surface area contributed by atoms with Crippen molar-refractivity contribution in [3.63, 3.8) is 0 Å². The third kappa shape index (κ3) is 3.64. The minimum absolute atomic E-state index is 0.00538. The van der Waals surface area contributed by atoms with Crippen LogP contribution in [0.15, 0.2) is 18.3 Å². The number of aliphatic carboxylic acids is 1. The van der Waals surface area contributed by atoms with E-state index >= 15 is 0 Å². The van der Waals surface area contributed by atoms with Gasteiger partial charge < -0.3 is 14.9 Å². The van der Waals surface area contributed by atoms with Crippen LogP contribution in [0.3, 0.4) is 0 Å². The second-order valence-corrected chi connectivity index (χ2v) is 6.91. The maximum Gasteiger partial charge on any atom is 0.326 e. The molecule has 3 rings (SSSR count). The fourth-order valence-corrected chi connectivity index (χ4v) is 3.71. The quantitative estimate of drug-likeness (QED) is 0.905. The van der Waals surface area contributed by atoms with E-state index in [9.17, 15) is 14.7 Å². The van der Waals surface area contributed by atoms with E-state index < -0.39 is 12.0 Å². The van der Waals surface area contributed by atoms with Gasteiger partial charge in [0, 0.05) is 31.7 Å². The molecule has 24 heavy (non-hydrogen) atoms. The number of hydrogen-bond donors (Lipinski definition) is 1. The Morgan fingerprint density at radius 3 is 2.50 bits per heavy atom. The minimum atomic E-state index is -0.883. The molecule has 1 N–H and O–H groups in total. The van der Waals surface area contributed by atoms with Gasteiger partial charge in [-0.05, 0) is 44.2 Å². The standard InChI is InChI=1S/C17H22ClN3O3/c18-13-4-5-15(19-11-13)20-9-6-12(7-10-20)16(22)21-8-2-1-3-14(21)17(23)24/h4-5,11-12,14H,1-3,6-10H2,(H,23,24)/t14-/m1/s1. The van der Waals surface area contributed by atoms with Gasteiger partial charge in [-0.1, -0.05) is 11.6 Å². The predicted octanol–water partition coefficient (Wildman–Crippen LogP) is 2.42. The average molecular weight is 352 g/mol. The molecule has 1 atom stereocenters. The van der Waals surface area contributed by atoms with Gasteiger partial charge in [-0.2, -0.15) is 0 Å². The van der Waals surface area contributed by atoms with Crippen molar-refractivity contribution in [2.45, 2.75) is 38.1 Å². The highest BCUT2D eigenvalue weighted by Crippen LogP contribution is 2.27. The lowest BCUT2D eigenvalue weighted by Gasteiger charge is -2.38. The average Bonchev–Trinajstić information content (AvgIpc) is 2.62. The zero-order chi connectivity index (χ0) is 17.1. The normalized spacial score (nSPS) is 22.5. The molecule has 1 amide bonds. The van der Waals surface area contributed by atoms with Crippen LogP contribution < -0.4 is 4.90 Å². The predicted molar refractivity (Wildman–Crippen MR) is 91.2 cm³/mol. The third-order valence-electron chi connectivity index (χ3n) is 4.95. The van der Waals surface area contributed by atoms with Gasteiger partial charge in [0.2, 0.25) is 5.91 Å². The van der Waals surface area contributed by atoms with Gasteiger partial charge in [-0.15, -0.1) is 0 Å². The summed E-state index contributed by atoms with van der Waals surface area (Å²) in [4.78, 5) is 32.2. The van der Waals surface area contributed by atoms with E-state index in [4.69, 9.17) is 11.6 Å². The molecule has 6 nitrogen and oxygen atoms in total. The number of amides is 1. The molecule has 3 heterocycles. The van der Waals surface area contributed by atoms with Crippen LogP contribution in [0.25, 0.3) is 0 Å². The number of hydrogen-bond acceptors (Lipinski definition) is 4. The van der Waals surface area contributed by atoms with Crippen molar-refractivity contribution in [3.05, 3.63) is 23.4 Å². The number of carboxylic acid groups (broad SMARTS) is 1. The Bertz CT molecular complexity index is 600. The number of nitrogens with zero attached hydrogens (tertiary/aromatic N) is 3. The first kappa shape index (κ1) is 17.0. The zero-order valence-electron chi connectivity index (χ0n) is 13.5. The summed E-state index contributed by atoms with van der Waals surface area (Å²) in [5, 5.41) is 9.95. The van der Waals surface area contributed by atoms with Crippen LogP contribution in [0.1, 0.15) is 32.1 Å². The van der Waals surface area contributed by atoms with Gasteiger partial charge in [0.1, 0.15) is 11.9 Å². The van der Waals surface area contributed by atoms with Crippen LogP contribution in [-0.2, 0) is 9.59 Å². The molecule has 0 aliphatic carbocycles. The van der Waals surface area contributed by atoms with E-state index in [0.29, 0.717) is 18.0 Å². The number of rotatable bonds is 3. The number of piperidine rings is 2. The Labute approximate surface area is 146 Å². The molecular weight excluding hydrogens is 330 g/mol. The number of carbonyl (C=O) groups excluding carboxylic acids is 1. The van der Waals surface area contributed by atoms with Gasteiger partial charge in [0.15, 0.2) is 0 Å². The van der Waals surface area contributed by atoms with E-state index in [1.165, 1.54) is 0 Å². The SMILES string of the molecule is O=C(O)[C@H]1CCCCN1C(=O)C1CCN(c2ccc(Cl)cn2)CC1. The molecule has 0 saturated carbocycles. The summed E-state index contributed by atoms with van der Waals surface area (Å²) in [6.07, 6.45) is 5.41. The number of carboxylic acids is 1. The van der Waals surface area contributed by atoms with E-state index in [1.54, 1.807) is 11.1 Å². The monoisotopic (exact) mass is 351 g/mol. The fourth-order valence-electron chi connectivity index (χ4n) is 3.60. The Kier molecular flexibility index (Phi) is 5.23. The molecule has 130 valence electrons. The number of pyridine rings is 1. The van der Waals surface area contributed by atoms with E-state index in [2.05, 4.69) is 9.88 Å². The van der Waals surface area contributed by atoms with Gasteiger partial charge in [-0.3, -0.25) is 4.79 Å². The molecule has 2 fully saturated rings. The van der Waals surface area contributed by atoms with Gasteiger partial charge in [-0.25, -0.2) is 9.78 Å². The summed E-state index contributed by atoms with van der Waals surface area (Å²) >= 11 is 5.86. The second kappa shape index (κ2) is 7.38. The molecule has 7 heteroatoms. The lowest BCUT2D eigenvalue weighted by molar-refractivity contribution is -0.154. The lowest BCUT2D eigenvalue weighted by atomic mass is 9.92. The first-order chi connectivity index (χ1) is 11.6. The Balaban J connectivity index is 1.60. The van der Waals surface area contributed by atoms with Gasteiger partial charge in [0.05, 0.1) is 5.02 Å². The molecule has 2 aliphatic rings. The first-order valence-electron chi connectivity index (χ1n) is 8.46. The number of likely N-dealkylation sites (tertiary alicyclic amines) is 1. The Morgan fingerprint density at radius 1 is 1.12 bits per heavy atom. The largest absolute Gasteiger partial charge is 0.480 e. The molecule has 0 spiro atoms. The van der Waals surface area contributed by atoms with Gasteiger partial charge >= 0.3 is 5.97 Å². The van der Waals surface area contributed by atoms with Crippen LogP contribution in [0.2, 0.25) is 5.02 Å². The van der Waals surface area contributed by atoms with Crippen molar-refractivity contribution >= 4 is 29.3 Å². The molecule has 1 aromatic heterocycles.